The third kappa shape index (κ3) is 3.86. The lowest BCUT2D eigenvalue weighted by Crippen LogP contribution is -2.15. The second-order valence-electron chi connectivity index (χ2n) is 14.4. The Hall–Kier alpha value is -6.45. The second kappa shape index (κ2) is 10.3. The Morgan fingerprint density at radius 1 is 0.510 bits per heavy atom. The molecule has 2 aromatic heterocycles. The summed E-state index contributed by atoms with van der Waals surface area (Å²) in [6.45, 7) is 4.66. The molecule has 3 nitrogen and oxygen atoms in total. The van der Waals surface area contributed by atoms with E-state index >= 15 is 0 Å². The highest BCUT2D eigenvalue weighted by atomic mass is 15.2. The second-order valence-corrected chi connectivity index (χ2v) is 14.4. The highest BCUT2D eigenvalue weighted by Gasteiger charge is 2.35. The van der Waals surface area contributed by atoms with Gasteiger partial charge in [0.25, 0.3) is 0 Å². The Morgan fingerprint density at radius 2 is 1.25 bits per heavy atom. The summed E-state index contributed by atoms with van der Waals surface area (Å²) in [6.07, 6.45) is 0. The summed E-state index contributed by atoms with van der Waals surface area (Å²) in [7, 11) is 0. The molecule has 2 aliphatic rings. The molecule has 0 saturated carbocycles. The number of fused-ring (bicyclic) bond motifs is 9. The summed E-state index contributed by atoms with van der Waals surface area (Å²) in [5.74, 6) is 0.907. The predicted octanol–water partition coefficient (Wildman–Crippen LogP) is 12.8. The number of benzene rings is 7. The van der Waals surface area contributed by atoms with Crippen molar-refractivity contribution < 1.29 is 0 Å². The van der Waals surface area contributed by atoms with Crippen LogP contribution in [0.25, 0.3) is 71.9 Å². The maximum absolute atomic E-state index is 5.41. The molecule has 0 radical (unpaired) electrons. The minimum Gasteiger partial charge on any atom is -0.309 e. The van der Waals surface area contributed by atoms with Crippen molar-refractivity contribution in [2.24, 2.45) is 0 Å². The van der Waals surface area contributed by atoms with Gasteiger partial charge in [0.2, 0.25) is 0 Å². The Kier molecular flexibility index (Phi) is 5.73. The first kappa shape index (κ1) is 28.4. The molecule has 0 unspecified atom stereocenters. The maximum atomic E-state index is 5.41. The van der Waals surface area contributed by atoms with Crippen LogP contribution in [-0.4, -0.2) is 9.55 Å². The van der Waals surface area contributed by atoms with Crippen LogP contribution >= 0.6 is 0 Å². The van der Waals surface area contributed by atoms with E-state index in [1.807, 2.05) is 0 Å². The van der Waals surface area contributed by atoms with Crippen LogP contribution in [0.15, 0.2) is 164 Å². The molecule has 9 aromatic rings. The Balaban J connectivity index is 1.16. The molecule has 0 bridgehead atoms. The van der Waals surface area contributed by atoms with E-state index in [1.54, 1.807) is 0 Å². The minimum absolute atomic E-state index is 0.0263. The van der Waals surface area contributed by atoms with Crippen LogP contribution in [0, 0.1) is 0 Å². The lowest BCUT2D eigenvalue weighted by atomic mass is 9.82. The molecule has 11 rings (SSSR count). The van der Waals surface area contributed by atoms with Crippen molar-refractivity contribution in [1.29, 1.82) is 0 Å². The Bertz CT molecular complexity index is 2890. The number of pyridine rings is 1. The molecule has 0 atom stereocenters. The van der Waals surface area contributed by atoms with Crippen LogP contribution in [0.4, 0.5) is 17.1 Å². The molecule has 7 aromatic carbocycles. The minimum atomic E-state index is -0.0263. The van der Waals surface area contributed by atoms with Crippen LogP contribution in [0.5, 0.6) is 0 Å². The Labute approximate surface area is 296 Å². The molecule has 3 heteroatoms. The van der Waals surface area contributed by atoms with Gasteiger partial charge in [0, 0.05) is 38.4 Å². The lowest BCUT2D eigenvalue weighted by molar-refractivity contribution is 0.660. The lowest BCUT2D eigenvalue weighted by Gasteiger charge is -2.34. The maximum Gasteiger partial charge on any atom is 0.138 e. The zero-order valence-corrected chi connectivity index (χ0v) is 28.4. The number of rotatable bonds is 3. The molecular weight excluding hydrogens is 619 g/mol. The molecule has 3 heterocycles. The van der Waals surface area contributed by atoms with Crippen molar-refractivity contribution in [3.05, 3.63) is 175 Å². The smallest absolute Gasteiger partial charge is 0.138 e. The first-order chi connectivity index (χ1) is 25.1. The number of para-hydroxylation sites is 2. The average Bonchev–Trinajstić information content (AvgIpc) is 3.64. The van der Waals surface area contributed by atoms with Gasteiger partial charge in [-0.3, -0.25) is 4.57 Å². The molecule has 1 aliphatic carbocycles. The normalized spacial score (nSPS) is 13.8. The highest BCUT2D eigenvalue weighted by Crippen LogP contribution is 2.55. The van der Waals surface area contributed by atoms with Crippen molar-refractivity contribution in [3.63, 3.8) is 0 Å². The fraction of sp³-hybridized carbons (Fsp3) is 0.0625. The third-order valence-corrected chi connectivity index (χ3v) is 11.3. The summed E-state index contributed by atoms with van der Waals surface area (Å²) in [5.41, 5.74) is 15.8. The topological polar surface area (TPSA) is 21.1 Å². The van der Waals surface area contributed by atoms with Crippen LogP contribution in [0.2, 0.25) is 0 Å². The summed E-state index contributed by atoms with van der Waals surface area (Å²) >= 11 is 0. The summed E-state index contributed by atoms with van der Waals surface area (Å²) in [5, 5.41) is 4.97. The standard InChI is InChI=1S/C48H33N3/c1-48(2)38-20-8-6-17-33(38)37-29-31(25-27-39(37)48)40-21-12-24-44(49-40)51-41-22-9-7-18-36(41)46-43(51)28-26-35-34-19-10-13-30-14-11-23-42(45(30)34)50(47(35)46)32-15-4-3-5-16-32/h3-29H,1-2H3. The van der Waals surface area contributed by atoms with Gasteiger partial charge in [-0.05, 0) is 81.7 Å². The van der Waals surface area contributed by atoms with Crippen molar-refractivity contribution in [2.45, 2.75) is 19.3 Å². The van der Waals surface area contributed by atoms with Gasteiger partial charge in [-0.15, -0.1) is 0 Å². The molecule has 0 spiro atoms. The van der Waals surface area contributed by atoms with E-state index < -0.39 is 0 Å². The first-order valence-electron chi connectivity index (χ1n) is 17.7. The van der Waals surface area contributed by atoms with E-state index in [0.717, 1.165) is 33.8 Å². The van der Waals surface area contributed by atoms with Gasteiger partial charge in [-0.25, -0.2) is 4.98 Å². The van der Waals surface area contributed by atoms with Crippen molar-refractivity contribution in [1.82, 2.24) is 9.55 Å². The molecular formula is C48H33N3. The number of hydrogen-bond donors (Lipinski definition) is 0. The summed E-state index contributed by atoms with van der Waals surface area (Å²) in [6, 6.07) is 59.7. The number of aromatic nitrogens is 2. The molecule has 0 fully saturated rings. The number of nitrogens with zero attached hydrogens (tertiary/aromatic N) is 3. The van der Waals surface area contributed by atoms with Gasteiger partial charge in [0.1, 0.15) is 5.82 Å². The van der Waals surface area contributed by atoms with E-state index in [4.69, 9.17) is 4.98 Å². The number of anilines is 3. The van der Waals surface area contributed by atoms with Crippen molar-refractivity contribution in [2.75, 3.05) is 4.90 Å². The SMILES string of the molecule is CC1(C)c2ccccc2-c2cc(-c3cccc(-n4c5ccccc5c5c6c(ccc54)-c4cccc5cccc(c45)N6c4ccccc4)n3)ccc21. The zero-order chi connectivity index (χ0) is 33.8. The molecule has 0 N–H and O–H groups in total. The summed E-state index contributed by atoms with van der Waals surface area (Å²) in [4.78, 5) is 7.88. The van der Waals surface area contributed by atoms with Crippen LogP contribution in [-0.2, 0) is 5.41 Å². The molecule has 51 heavy (non-hydrogen) atoms. The molecule has 1 aliphatic heterocycles. The molecule has 0 saturated heterocycles. The van der Waals surface area contributed by atoms with Gasteiger partial charge in [-0.2, -0.15) is 0 Å². The fourth-order valence-electron chi connectivity index (χ4n) is 9.02. The van der Waals surface area contributed by atoms with E-state index in [-0.39, 0.29) is 5.41 Å². The highest BCUT2D eigenvalue weighted by molar-refractivity contribution is 6.24. The van der Waals surface area contributed by atoms with E-state index in [9.17, 15) is 0 Å². The van der Waals surface area contributed by atoms with Crippen LogP contribution in [0.1, 0.15) is 25.0 Å². The monoisotopic (exact) mass is 651 g/mol. The van der Waals surface area contributed by atoms with Gasteiger partial charge < -0.3 is 4.90 Å². The van der Waals surface area contributed by atoms with Crippen LogP contribution in [0.3, 0.4) is 0 Å². The number of hydrogen-bond acceptors (Lipinski definition) is 2. The average molecular weight is 652 g/mol. The zero-order valence-electron chi connectivity index (χ0n) is 28.4. The van der Waals surface area contributed by atoms with E-state index in [1.165, 1.54) is 66.3 Å². The quantitative estimate of drug-likeness (QED) is 0.190. The van der Waals surface area contributed by atoms with Gasteiger partial charge in [0.05, 0.1) is 28.1 Å². The van der Waals surface area contributed by atoms with Crippen molar-refractivity contribution in [3.8, 4) is 39.3 Å². The molecule has 240 valence electrons. The predicted molar refractivity (Wildman–Crippen MR) is 213 cm³/mol. The van der Waals surface area contributed by atoms with Gasteiger partial charge in [0.15, 0.2) is 0 Å². The molecule has 0 amide bonds. The largest absolute Gasteiger partial charge is 0.309 e. The van der Waals surface area contributed by atoms with E-state index in [0.29, 0.717) is 0 Å². The van der Waals surface area contributed by atoms with Crippen molar-refractivity contribution >= 4 is 49.6 Å². The van der Waals surface area contributed by atoms with Crippen LogP contribution < -0.4 is 4.90 Å². The van der Waals surface area contributed by atoms with Gasteiger partial charge in [-0.1, -0.05) is 129 Å². The van der Waals surface area contributed by atoms with Gasteiger partial charge >= 0.3 is 0 Å². The third-order valence-electron chi connectivity index (χ3n) is 11.3. The van der Waals surface area contributed by atoms with E-state index in [2.05, 4.69) is 187 Å². The summed E-state index contributed by atoms with van der Waals surface area (Å²) < 4.78 is 2.35. The first-order valence-corrected chi connectivity index (χ1v) is 17.7. The Morgan fingerprint density at radius 3 is 2.16 bits per heavy atom. The fourth-order valence-corrected chi connectivity index (χ4v) is 9.02.